The minimum atomic E-state index is 0.638. The Labute approximate surface area is 117 Å². The van der Waals surface area contributed by atoms with Gasteiger partial charge in [-0.3, -0.25) is 4.31 Å². The van der Waals surface area contributed by atoms with Crippen LogP contribution < -0.4 is 0 Å². The van der Waals surface area contributed by atoms with Gasteiger partial charge in [0.1, 0.15) is 0 Å². The first-order valence-corrected chi connectivity index (χ1v) is 7.58. The molecule has 1 unspecified atom stereocenters. The van der Waals surface area contributed by atoms with Gasteiger partial charge >= 0.3 is 0 Å². The van der Waals surface area contributed by atoms with E-state index in [9.17, 15) is 0 Å². The molecule has 0 aliphatic carbocycles. The minimum absolute atomic E-state index is 0.638. The summed E-state index contributed by atoms with van der Waals surface area (Å²) in [6, 6.07) is 9.17. The predicted octanol–water partition coefficient (Wildman–Crippen LogP) is 4.30. The summed E-state index contributed by atoms with van der Waals surface area (Å²) < 4.78 is 2.15. The first kappa shape index (κ1) is 14.0. The first-order valence-electron chi connectivity index (χ1n) is 7.18. The number of nitrogens with zero attached hydrogens (tertiary/aromatic N) is 1. The Morgan fingerprint density at radius 2 is 2.00 bits per heavy atom. The van der Waals surface area contributed by atoms with Crippen LogP contribution >= 0.6 is 12.8 Å². The van der Waals surface area contributed by atoms with Crippen molar-refractivity contribution >= 4 is 12.8 Å². The topological polar surface area (TPSA) is 3.24 Å². The Morgan fingerprint density at radius 1 is 1.28 bits per heavy atom. The van der Waals surface area contributed by atoms with E-state index in [2.05, 4.69) is 55.2 Å². The van der Waals surface area contributed by atoms with Crippen molar-refractivity contribution in [1.82, 2.24) is 4.31 Å². The zero-order valence-electron chi connectivity index (χ0n) is 11.6. The van der Waals surface area contributed by atoms with Crippen molar-refractivity contribution in [2.45, 2.75) is 45.4 Å². The monoisotopic (exact) mass is 263 g/mol. The lowest BCUT2D eigenvalue weighted by atomic mass is 9.97. The summed E-state index contributed by atoms with van der Waals surface area (Å²) in [6.45, 7) is 6.84. The number of rotatable bonds is 5. The van der Waals surface area contributed by atoms with Gasteiger partial charge < -0.3 is 0 Å². The van der Waals surface area contributed by atoms with Gasteiger partial charge in [-0.15, -0.1) is 0 Å². The molecule has 0 amide bonds. The minimum Gasteiger partial charge on any atom is -0.253 e. The molecule has 1 fully saturated rings. The van der Waals surface area contributed by atoms with Crippen LogP contribution in [0.15, 0.2) is 24.3 Å². The molecule has 18 heavy (non-hydrogen) atoms. The molecule has 1 aromatic rings. The third kappa shape index (κ3) is 4.03. The van der Waals surface area contributed by atoms with Gasteiger partial charge in [0.15, 0.2) is 0 Å². The van der Waals surface area contributed by atoms with Gasteiger partial charge in [0.25, 0.3) is 0 Å². The normalized spacial score (nSPS) is 20.8. The molecule has 1 aromatic carbocycles. The highest BCUT2D eigenvalue weighted by Crippen LogP contribution is 2.23. The molecule has 1 nitrogen and oxygen atoms in total. The van der Waals surface area contributed by atoms with Crippen molar-refractivity contribution < 1.29 is 0 Å². The molecule has 0 N–H and O–H groups in total. The first-order chi connectivity index (χ1) is 8.65. The molecule has 1 heterocycles. The van der Waals surface area contributed by atoms with Crippen molar-refractivity contribution in [3.63, 3.8) is 0 Å². The molecule has 0 bridgehead atoms. The Kier molecular flexibility index (Phi) is 5.13. The van der Waals surface area contributed by atoms with Gasteiger partial charge in [-0.1, -0.05) is 50.9 Å². The van der Waals surface area contributed by atoms with Gasteiger partial charge in [0, 0.05) is 13.1 Å². The Bertz CT molecular complexity index is 358. The summed E-state index contributed by atoms with van der Waals surface area (Å²) in [5, 5.41) is 0. The zero-order chi connectivity index (χ0) is 13.0. The molecule has 2 heteroatoms. The lowest BCUT2D eigenvalue weighted by Gasteiger charge is -2.10. The van der Waals surface area contributed by atoms with Gasteiger partial charge in [0.05, 0.1) is 0 Å². The van der Waals surface area contributed by atoms with Crippen LogP contribution in [-0.4, -0.2) is 17.4 Å². The lowest BCUT2D eigenvalue weighted by Crippen LogP contribution is -2.08. The molecular weight excluding hydrogens is 238 g/mol. The molecule has 1 aliphatic rings. The molecule has 1 aliphatic heterocycles. The number of aryl methyl sites for hydroxylation is 1. The van der Waals surface area contributed by atoms with Gasteiger partial charge in [0.2, 0.25) is 0 Å². The van der Waals surface area contributed by atoms with Crippen molar-refractivity contribution in [3.8, 4) is 0 Å². The maximum atomic E-state index is 4.41. The summed E-state index contributed by atoms with van der Waals surface area (Å²) in [5.74, 6) is 1.51. The highest BCUT2D eigenvalue weighted by molar-refractivity contribution is 7.77. The molecule has 0 aromatic heterocycles. The van der Waals surface area contributed by atoms with Crippen LogP contribution in [-0.2, 0) is 6.42 Å². The molecule has 0 spiro atoms. The average Bonchev–Trinajstić information content (AvgIpc) is 2.76. The predicted molar refractivity (Wildman–Crippen MR) is 82.1 cm³/mol. The van der Waals surface area contributed by atoms with Crippen LogP contribution in [0.3, 0.4) is 0 Å². The second-order valence-electron chi connectivity index (χ2n) is 5.86. The standard InChI is InChI=1S/C16H25NS/c1-13(2)16-8-6-14(7-9-16)4-3-5-15-10-11-17(18)12-15/h6-9,13,15,18H,3-5,10-12H2,1-2H3. The van der Waals surface area contributed by atoms with Crippen LogP contribution in [0.4, 0.5) is 0 Å². The van der Waals surface area contributed by atoms with Crippen molar-refractivity contribution in [2.75, 3.05) is 13.1 Å². The highest BCUT2D eigenvalue weighted by atomic mass is 32.1. The van der Waals surface area contributed by atoms with E-state index in [1.165, 1.54) is 43.4 Å². The summed E-state index contributed by atoms with van der Waals surface area (Å²) >= 11 is 4.41. The summed E-state index contributed by atoms with van der Waals surface area (Å²) in [7, 11) is 0. The smallest absolute Gasteiger partial charge is 0.0116 e. The fourth-order valence-electron chi connectivity index (χ4n) is 2.71. The molecule has 0 saturated carbocycles. The van der Waals surface area contributed by atoms with Crippen LogP contribution in [0.5, 0.6) is 0 Å². The fourth-order valence-corrected chi connectivity index (χ4v) is 3.06. The van der Waals surface area contributed by atoms with E-state index in [4.69, 9.17) is 0 Å². The van der Waals surface area contributed by atoms with E-state index >= 15 is 0 Å². The Balaban J connectivity index is 1.73. The third-order valence-corrected chi connectivity index (χ3v) is 4.35. The van der Waals surface area contributed by atoms with E-state index in [1.807, 2.05) is 0 Å². The van der Waals surface area contributed by atoms with Crippen LogP contribution in [0.2, 0.25) is 0 Å². The number of benzene rings is 1. The van der Waals surface area contributed by atoms with Crippen molar-refractivity contribution in [3.05, 3.63) is 35.4 Å². The van der Waals surface area contributed by atoms with E-state index < -0.39 is 0 Å². The van der Waals surface area contributed by atoms with Crippen LogP contribution in [0.25, 0.3) is 0 Å². The quantitative estimate of drug-likeness (QED) is 0.775. The Morgan fingerprint density at radius 3 is 2.56 bits per heavy atom. The van der Waals surface area contributed by atoms with Crippen molar-refractivity contribution in [1.29, 1.82) is 0 Å². The lowest BCUT2D eigenvalue weighted by molar-refractivity contribution is 0.480. The molecule has 2 rings (SSSR count). The van der Waals surface area contributed by atoms with E-state index in [0.29, 0.717) is 5.92 Å². The molecule has 100 valence electrons. The van der Waals surface area contributed by atoms with Crippen molar-refractivity contribution in [2.24, 2.45) is 5.92 Å². The maximum absolute atomic E-state index is 4.41. The molecule has 1 saturated heterocycles. The van der Waals surface area contributed by atoms with Gasteiger partial charge in [-0.25, -0.2) is 0 Å². The largest absolute Gasteiger partial charge is 0.253 e. The number of thiol groups is 1. The zero-order valence-corrected chi connectivity index (χ0v) is 12.5. The third-order valence-electron chi connectivity index (χ3n) is 3.99. The van der Waals surface area contributed by atoms with E-state index in [0.717, 1.165) is 12.5 Å². The van der Waals surface area contributed by atoms with Crippen LogP contribution in [0, 0.1) is 5.92 Å². The molecular formula is C16H25NS. The van der Waals surface area contributed by atoms with E-state index in [-0.39, 0.29) is 0 Å². The second kappa shape index (κ2) is 6.63. The average molecular weight is 263 g/mol. The summed E-state index contributed by atoms with van der Waals surface area (Å²) in [6.07, 6.45) is 5.22. The molecule has 1 atom stereocenters. The number of hydrogen-bond acceptors (Lipinski definition) is 2. The Hall–Kier alpha value is -0.470. The fraction of sp³-hybridized carbons (Fsp3) is 0.625. The van der Waals surface area contributed by atoms with Gasteiger partial charge in [-0.2, -0.15) is 0 Å². The second-order valence-corrected chi connectivity index (χ2v) is 6.42. The SMILES string of the molecule is CC(C)c1ccc(CCCC2CCN(S)C2)cc1. The summed E-state index contributed by atoms with van der Waals surface area (Å²) in [4.78, 5) is 0. The van der Waals surface area contributed by atoms with Gasteiger partial charge in [-0.05, 0) is 48.6 Å². The van der Waals surface area contributed by atoms with E-state index in [1.54, 1.807) is 0 Å². The van der Waals surface area contributed by atoms with Crippen LogP contribution in [0.1, 0.15) is 50.2 Å². The number of hydrogen-bond donors (Lipinski definition) is 1. The maximum Gasteiger partial charge on any atom is 0.0116 e. The highest BCUT2D eigenvalue weighted by Gasteiger charge is 2.19. The summed E-state index contributed by atoms with van der Waals surface area (Å²) in [5.41, 5.74) is 2.93. The molecule has 0 radical (unpaired) electrons.